The first kappa shape index (κ1) is 12.6. The Morgan fingerprint density at radius 3 is 3.06 bits per heavy atom. The molecule has 0 saturated carbocycles. The van der Waals surface area contributed by atoms with Crippen LogP contribution in [0, 0.1) is 6.92 Å². The molecule has 0 aliphatic carbocycles. The highest BCUT2D eigenvalue weighted by atomic mass is 32.1. The van der Waals surface area contributed by atoms with Crippen molar-refractivity contribution in [1.82, 2.24) is 15.2 Å². The van der Waals surface area contributed by atoms with Gasteiger partial charge in [0.1, 0.15) is 0 Å². The summed E-state index contributed by atoms with van der Waals surface area (Å²) >= 11 is 1.75. The molecule has 1 N–H and O–H groups in total. The maximum atomic E-state index is 4.60. The van der Waals surface area contributed by atoms with Crippen LogP contribution in [-0.4, -0.2) is 35.1 Å². The van der Waals surface area contributed by atoms with E-state index in [1.54, 1.807) is 11.3 Å². The van der Waals surface area contributed by atoms with E-state index in [2.05, 4.69) is 34.4 Å². The zero-order valence-electron chi connectivity index (χ0n) is 11.4. The molecule has 100 valence electrons. The van der Waals surface area contributed by atoms with Gasteiger partial charge in [0.25, 0.3) is 0 Å². The minimum Gasteiger partial charge on any atom is -0.304 e. The molecule has 0 bridgehead atoms. The number of thiazole rings is 1. The highest BCUT2D eigenvalue weighted by Crippen LogP contribution is 2.29. The Kier molecular flexibility index (Phi) is 3.68. The van der Waals surface area contributed by atoms with Gasteiger partial charge >= 0.3 is 0 Å². The van der Waals surface area contributed by atoms with Gasteiger partial charge in [0.2, 0.25) is 0 Å². The average molecular weight is 265 g/mol. The van der Waals surface area contributed by atoms with Gasteiger partial charge in [-0.15, -0.1) is 11.3 Å². The zero-order valence-corrected chi connectivity index (χ0v) is 12.2. The number of nitrogens with zero attached hydrogens (tertiary/aromatic N) is 2. The Balaban J connectivity index is 1.62. The molecule has 2 fully saturated rings. The predicted molar refractivity (Wildman–Crippen MR) is 76.0 cm³/mol. The van der Waals surface area contributed by atoms with Gasteiger partial charge in [-0.25, -0.2) is 4.98 Å². The van der Waals surface area contributed by atoms with Crippen molar-refractivity contribution in [2.24, 2.45) is 0 Å². The third-order valence-corrected chi connectivity index (χ3v) is 5.19. The fourth-order valence-corrected chi connectivity index (χ4v) is 4.13. The van der Waals surface area contributed by atoms with E-state index in [-0.39, 0.29) is 0 Å². The summed E-state index contributed by atoms with van der Waals surface area (Å²) in [5, 5.41) is 7.18. The van der Waals surface area contributed by atoms with Crippen LogP contribution in [0.4, 0.5) is 0 Å². The van der Waals surface area contributed by atoms with Crippen LogP contribution in [0.25, 0.3) is 0 Å². The summed E-state index contributed by atoms with van der Waals surface area (Å²) < 4.78 is 0. The van der Waals surface area contributed by atoms with Crippen LogP contribution in [-0.2, 0) is 0 Å². The molecular formula is C14H23N3S. The molecule has 2 aliphatic rings. The number of nitrogens with one attached hydrogen (secondary N) is 1. The minimum atomic E-state index is 0.391. The van der Waals surface area contributed by atoms with Gasteiger partial charge in [-0.2, -0.15) is 0 Å². The number of aryl methyl sites for hydroxylation is 1. The van der Waals surface area contributed by atoms with Gasteiger partial charge in [-0.3, -0.25) is 4.90 Å². The van der Waals surface area contributed by atoms with Crippen molar-refractivity contribution in [3.8, 4) is 0 Å². The number of hydrogen-bond acceptors (Lipinski definition) is 4. The molecule has 0 aromatic carbocycles. The number of aromatic nitrogens is 1. The molecule has 2 saturated heterocycles. The van der Waals surface area contributed by atoms with Crippen molar-refractivity contribution >= 4 is 11.3 Å². The lowest BCUT2D eigenvalue weighted by Crippen LogP contribution is -2.45. The molecule has 18 heavy (non-hydrogen) atoms. The Hall–Kier alpha value is -0.450. The normalized spacial score (nSPS) is 30.3. The van der Waals surface area contributed by atoms with E-state index in [1.165, 1.54) is 49.5 Å². The molecule has 0 spiro atoms. The summed E-state index contributed by atoms with van der Waals surface area (Å²) in [5.41, 5.74) is 1.21. The van der Waals surface area contributed by atoms with Crippen molar-refractivity contribution in [3.63, 3.8) is 0 Å². The molecule has 2 aliphatic heterocycles. The Bertz CT molecular complexity index is 403. The highest BCUT2D eigenvalue weighted by molar-refractivity contribution is 7.09. The molecule has 3 atom stereocenters. The van der Waals surface area contributed by atoms with E-state index in [4.69, 9.17) is 0 Å². The predicted octanol–water partition coefficient (Wildman–Crippen LogP) is 2.73. The van der Waals surface area contributed by atoms with Crippen molar-refractivity contribution in [2.75, 3.05) is 13.1 Å². The van der Waals surface area contributed by atoms with Crippen LogP contribution in [0.3, 0.4) is 0 Å². The summed E-state index contributed by atoms with van der Waals surface area (Å²) in [7, 11) is 0. The molecule has 1 aromatic rings. The lowest BCUT2D eigenvalue weighted by atomic mass is 9.98. The maximum Gasteiger partial charge on any atom is 0.0898 e. The third kappa shape index (κ3) is 2.46. The molecular weight excluding hydrogens is 242 g/mol. The summed E-state index contributed by atoms with van der Waals surface area (Å²) in [4.78, 5) is 7.28. The van der Waals surface area contributed by atoms with Crippen molar-refractivity contribution in [3.05, 3.63) is 16.1 Å². The lowest BCUT2D eigenvalue weighted by Gasteiger charge is -2.33. The van der Waals surface area contributed by atoms with Crippen molar-refractivity contribution in [2.45, 2.75) is 57.7 Å². The molecule has 3 heterocycles. The molecule has 1 aromatic heterocycles. The van der Waals surface area contributed by atoms with Gasteiger partial charge in [0.15, 0.2) is 0 Å². The molecule has 3 rings (SSSR count). The molecule has 0 amide bonds. The van der Waals surface area contributed by atoms with Crippen LogP contribution < -0.4 is 5.32 Å². The van der Waals surface area contributed by atoms with Crippen LogP contribution in [0.5, 0.6) is 0 Å². The molecule has 0 radical (unpaired) electrons. The van der Waals surface area contributed by atoms with Crippen LogP contribution in [0.2, 0.25) is 0 Å². The average Bonchev–Trinajstić information content (AvgIpc) is 2.97. The summed E-state index contributed by atoms with van der Waals surface area (Å²) in [6.07, 6.45) is 5.48. The second-order valence-corrected chi connectivity index (χ2v) is 6.74. The monoisotopic (exact) mass is 265 g/mol. The van der Waals surface area contributed by atoms with Gasteiger partial charge < -0.3 is 5.32 Å². The first-order valence-corrected chi connectivity index (χ1v) is 8.04. The summed E-state index contributed by atoms with van der Waals surface area (Å²) in [5.74, 6) is 0. The van der Waals surface area contributed by atoms with E-state index < -0.39 is 0 Å². The van der Waals surface area contributed by atoms with Gasteiger partial charge in [0.05, 0.1) is 10.7 Å². The zero-order chi connectivity index (χ0) is 12.5. The number of piperidine rings is 1. The van der Waals surface area contributed by atoms with E-state index >= 15 is 0 Å². The van der Waals surface area contributed by atoms with E-state index in [0.717, 1.165) is 6.04 Å². The lowest BCUT2D eigenvalue weighted by molar-refractivity contribution is 0.177. The van der Waals surface area contributed by atoms with Gasteiger partial charge in [-0.1, -0.05) is 6.42 Å². The standard InChI is InChI=1S/C14H23N3S/c1-10(13-9-18-11(2)16-13)15-12-6-8-17-7-4-3-5-14(12)17/h9-10,12,14-15H,3-8H2,1-2H3. The topological polar surface area (TPSA) is 28.2 Å². The number of hydrogen-bond donors (Lipinski definition) is 1. The molecule has 3 nitrogen and oxygen atoms in total. The Morgan fingerprint density at radius 2 is 2.28 bits per heavy atom. The second-order valence-electron chi connectivity index (χ2n) is 5.67. The number of rotatable bonds is 3. The third-order valence-electron chi connectivity index (χ3n) is 4.40. The summed E-state index contributed by atoms with van der Waals surface area (Å²) in [6.45, 7) is 6.93. The van der Waals surface area contributed by atoms with Gasteiger partial charge in [-0.05, 0) is 39.7 Å². The van der Waals surface area contributed by atoms with Crippen molar-refractivity contribution < 1.29 is 0 Å². The number of fused-ring (bicyclic) bond motifs is 1. The van der Waals surface area contributed by atoms with Crippen LogP contribution >= 0.6 is 11.3 Å². The first-order valence-electron chi connectivity index (χ1n) is 7.16. The Morgan fingerprint density at radius 1 is 1.39 bits per heavy atom. The minimum absolute atomic E-state index is 0.391. The maximum absolute atomic E-state index is 4.60. The van der Waals surface area contributed by atoms with Crippen LogP contribution in [0.1, 0.15) is 49.4 Å². The SMILES string of the molecule is Cc1nc(C(C)NC2CCN3CCCCC23)cs1. The van der Waals surface area contributed by atoms with E-state index in [0.29, 0.717) is 12.1 Å². The quantitative estimate of drug-likeness (QED) is 0.911. The van der Waals surface area contributed by atoms with Crippen LogP contribution in [0.15, 0.2) is 5.38 Å². The second kappa shape index (κ2) is 5.27. The largest absolute Gasteiger partial charge is 0.304 e. The fraction of sp³-hybridized carbons (Fsp3) is 0.786. The Labute approximate surface area is 114 Å². The van der Waals surface area contributed by atoms with Crippen molar-refractivity contribution in [1.29, 1.82) is 0 Å². The van der Waals surface area contributed by atoms with Gasteiger partial charge in [0, 0.05) is 30.1 Å². The summed E-state index contributed by atoms with van der Waals surface area (Å²) in [6, 6.07) is 1.84. The molecule has 4 heteroatoms. The molecule has 3 unspecified atom stereocenters. The van der Waals surface area contributed by atoms with E-state index in [1.807, 2.05) is 0 Å². The smallest absolute Gasteiger partial charge is 0.0898 e. The van der Waals surface area contributed by atoms with E-state index in [9.17, 15) is 0 Å². The first-order chi connectivity index (χ1) is 8.74. The fourth-order valence-electron chi connectivity index (χ4n) is 3.43. The highest BCUT2D eigenvalue weighted by Gasteiger charge is 2.36.